The number of hydrogen-bond donors (Lipinski definition) is 3. The maximum Gasteiger partial charge on any atom is 0.326 e. The van der Waals surface area contributed by atoms with Crippen LogP contribution in [0.5, 0.6) is 0 Å². The second kappa shape index (κ2) is 10.3. The number of nitrogens with zero attached hydrogens (tertiary/aromatic N) is 3. The van der Waals surface area contributed by atoms with Gasteiger partial charge in [0.2, 0.25) is 5.91 Å². The van der Waals surface area contributed by atoms with Crippen LogP contribution in [0.15, 0.2) is 71.9 Å². The first-order valence-corrected chi connectivity index (χ1v) is 13.9. The number of carbonyl (C=O) groups excluding carboxylic acids is 3. The molecule has 0 spiro atoms. The number of amides is 4. The molecule has 9 nitrogen and oxygen atoms in total. The Balaban J connectivity index is 1.25. The number of carbonyl (C=O) groups is 3. The van der Waals surface area contributed by atoms with Gasteiger partial charge in [-0.05, 0) is 56.1 Å². The minimum Gasteiger partial charge on any atom is -0.347 e. The molecule has 3 unspecified atom stereocenters. The van der Waals surface area contributed by atoms with Crippen LogP contribution in [0.25, 0.3) is 11.3 Å². The van der Waals surface area contributed by atoms with Crippen LogP contribution in [0.2, 0.25) is 0 Å². The van der Waals surface area contributed by atoms with E-state index in [-0.39, 0.29) is 41.2 Å². The third-order valence-electron chi connectivity index (χ3n) is 7.68. The number of anilines is 1. The summed E-state index contributed by atoms with van der Waals surface area (Å²) in [5.41, 5.74) is 3.31. The number of pyridine rings is 1. The highest BCUT2D eigenvalue weighted by atomic mass is 32.2. The molecular weight excluding hydrogens is 500 g/mol. The average molecular weight is 531 g/mol. The molecule has 3 fully saturated rings. The zero-order valence-electron chi connectivity index (χ0n) is 20.9. The summed E-state index contributed by atoms with van der Waals surface area (Å²) < 4.78 is 0. The summed E-state index contributed by atoms with van der Waals surface area (Å²) >= 11 is 1.49. The van der Waals surface area contributed by atoms with Gasteiger partial charge in [-0.25, -0.2) is 4.79 Å². The fourth-order valence-corrected chi connectivity index (χ4v) is 7.35. The molecule has 4 atom stereocenters. The topological polar surface area (TPSA) is 107 Å². The highest BCUT2D eigenvalue weighted by molar-refractivity contribution is 8.04. The first kappa shape index (κ1) is 24.7. The van der Waals surface area contributed by atoms with Crippen LogP contribution in [0.3, 0.4) is 0 Å². The first-order valence-electron chi connectivity index (χ1n) is 13.0. The van der Waals surface area contributed by atoms with Gasteiger partial charge in [0.1, 0.15) is 0 Å². The largest absolute Gasteiger partial charge is 0.347 e. The van der Waals surface area contributed by atoms with E-state index in [1.165, 1.54) is 17.8 Å². The van der Waals surface area contributed by atoms with Crippen LogP contribution in [0.4, 0.5) is 10.5 Å². The molecule has 0 aliphatic carbocycles. The molecule has 2 aromatic rings. The third kappa shape index (κ3) is 4.48. The van der Waals surface area contributed by atoms with Gasteiger partial charge in [-0.1, -0.05) is 36.5 Å². The standard InChI is InChI=1S/C28H30N6O3S/c1-2-22(35)33-14-6-8-18(16-33)31-26(36)25-24-23-21(11-13-30-27(23)38-25)34(28(37)32-24)19-9-5-7-17(15-19)20-10-3-4-12-29-20/h2-5,7,9-10,12,15,18,21,23,27,30H,1,6,8,11,13-14,16H2,(H,31,36)(H,32,37)/t18-,21?,23?,27?/m1/s1. The van der Waals surface area contributed by atoms with Gasteiger partial charge in [0.25, 0.3) is 5.91 Å². The number of aromatic nitrogens is 1. The van der Waals surface area contributed by atoms with Crippen molar-refractivity contribution < 1.29 is 14.4 Å². The smallest absolute Gasteiger partial charge is 0.326 e. The SMILES string of the molecule is C=CC(=O)N1CCC[C@@H](NC(=O)C2=C3NC(=O)N(c4cccc(-c5ccccn5)c4)C4CCNC(S2)C34)C1. The van der Waals surface area contributed by atoms with Crippen molar-refractivity contribution in [3.63, 3.8) is 0 Å². The third-order valence-corrected chi connectivity index (χ3v) is 9.03. The molecule has 0 saturated carbocycles. The maximum atomic E-state index is 13.5. The second-order valence-electron chi connectivity index (χ2n) is 9.98. The molecule has 1 aromatic heterocycles. The van der Waals surface area contributed by atoms with E-state index in [0.29, 0.717) is 23.7 Å². The van der Waals surface area contributed by atoms with Crippen LogP contribution >= 0.6 is 11.8 Å². The van der Waals surface area contributed by atoms with Gasteiger partial charge in [0.15, 0.2) is 0 Å². The normalized spacial score (nSPS) is 26.5. The maximum absolute atomic E-state index is 13.5. The highest BCUT2D eigenvalue weighted by Crippen LogP contribution is 2.48. The molecule has 0 bridgehead atoms. The Bertz CT molecular complexity index is 1310. The number of likely N-dealkylation sites (tertiary alicyclic amines) is 1. The van der Waals surface area contributed by atoms with Crippen molar-refractivity contribution in [3.05, 3.63) is 71.9 Å². The van der Waals surface area contributed by atoms with Crippen molar-refractivity contribution in [3.8, 4) is 11.3 Å². The van der Waals surface area contributed by atoms with Crippen LogP contribution in [0, 0.1) is 5.92 Å². The first-order chi connectivity index (χ1) is 18.5. The fourth-order valence-electron chi connectivity index (χ4n) is 5.95. The number of rotatable bonds is 5. The molecule has 6 rings (SSSR count). The summed E-state index contributed by atoms with van der Waals surface area (Å²) in [6.45, 7) is 5.46. The van der Waals surface area contributed by atoms with Crippen molar-refractivity contribution in [2.24, 2.45) is 5.92 Å². The Morgan fingerprint density at radius 3 is 2.89 bits per heavy atom. The molecule has 4 aliphatic rings. The van der Waals surface area contributed by atoms with Crippen LogP contribution in [-0.4, -0.2) is 64.8 Å². The Hall–Kier alpha value is -3.63. The lowest BCUT2D eigenvalue weighted by atomic mass is 9.86. The average Bonchev–Trinajstić information content (AvgIpc) is 3.33. The van der Waals surface area contributed by atoms with Gasteiger partial charge >= 0.3 is 6.03 Å². The molecule has 3 N–H and O–H groups in total. The monoisotopic (exact) mass is 530 g/mol. The molecular formula is C28H30N6O3S. The molecule has 196 valence electrons. The lowest BCUT2D eigenvalue weighted by molar-refractivity contribution is -0.128. The molecule has 5 heterocycles. The Morgan fingerprint density at radius 2 is 2.08 bits per heavy atom. The number of piperidine rings is 2. The molecule has 1 aromatic carbocycles. The van der Waals surface area contributed by atoms with Gasteiger partial charge in [-0.3, -0.25) is 19.5 Å². The molecule has 38 heavy (non-hydrogen) atoms. The van der Waals surface area contributed by atoms with Crippen molar-refractivity contribution in [2.75, 3.05) is 24.5 Å². The van der Waals surface area contributed by atoms with E-state index in [4.69, 9.17) is 0 Å². The lowest BCUT2D eigenvalue weighted by Gasteiger charge is -2.45. The summed E-state index contributed by atoms with van der Waals surface area (Å²) in [5, 5.41) is 9.73. The van der Waals surface area contributed by atoms with Crippen molar-refractivity contribution in [2.45, 2.75) is 36.7 Å². The minimum atomic E-state index is -0.228. The zero-order valence-corrected chi connectivity index (χ0v) is 21.7. The quantitative estimate of drug-likeness (QED) is 0.514. The predicted octanol–water partition coefficient (Wildman–Crippen LogP) is 2.83. The fraction of sp³-hybridized carbons (Fsp3) is 0.357. The van der Waals surface area contributed by atoms with Crippen molar-refractivity contribution in [1.82, 2.24) is 25.8 Å². The summed E-state index contributed by atoms with van der Waals surface area (Å²) in [4.78, 5) is 47.6. The predicted molar refractivity (Wildman–Crippen MR) is 147 cm³/mol. The van der Waals surface area contributed by atoms with Crippen molar-refractivity contribution >= 4 is 35.3 Å². The number of nitrogens with one attached hydrogen (secondary N) is 3. The Kier molecular flexibility index (Phi) is 6.67. The van der Waals surface area contributed by atoms with Gasteiger partial charge in [-0.2, -0.15) is 0 Å². The summed E-state index contributed by atoms with van der Waals surface area (Å²) in [6, 6.07) is 13.2. The highest BCUT2D eigenvalue weighted by Gasteiger charge is 2.51. The van der Waals surface area contributed by atoms with Crippen LogP contribution in [0.1, 0.15) is 19.3 Å². The van der Waals surface area contributed by atoms with Gasteiger partial charge in [0, 0.05) is 48.2 Å². The number of thioether (sulfide) groups is 1. The van der Waals surface area contributed by atoms with E-state index < -0.39 is 0 Å². The molecule has 0 radical (unpaired) electrons. The van der Waals surface area contributed by atoms with Gasteiger partial charge in [-0.15, -0.1) is 0 Å². The van der Waals surface area contributed by atoms with Crippen LogP contribution < -0.4 is 20.9 Å². The number of urea groups is 1. The van der Waals surface area contributed by atoms with E-state index >= 15 is 0 Å². The molecule has 3 saturated heterocycles. The van der Waals surface area contributed by atoms with E-state index in [1.54, 1.807) is 11.1 Å². The van der Waals surface area contributed by atoms with Gasteiger partial charge in [0.05, 0.1) is 22.0 Å². The van der Waals surface area contributed by atoms with Gasteiger partial charge < -0.3 is 20.9 Å². The van der Waals surface area contributed by atoms with E-state index in [1.807, 2.05) is 47.4 Å². The lowest BCUT2D eigenvalue weighted by Crippen LogP contribution is -2.62. The number of hydrogen-bond acceptors (Lipinski definition) is 6. The van der Waals surface area contributed by atoms with Crippen molar-refractivity contribution in [1.29, 1.82) is 0 Å². The van der Waals surface area contributed by atoms with E-state index in [0.717, 1.165) is 42.8 Å². The molecule has 10 heteroatoms. The molecule has 4 aliphatic heterocycles. The summed E-state index contributed by atoms with van der Waals surface area (Å²) in [5.74, 6) is -0.342. The van der Waals surface area contributed by atoms with E-state index in [9.17, 15) is 14.4 Å². The summed E-state index contributed by atoms with van der Waals surface area (Å²) in [7, 11) is 0. The Labute approximate surface area is 225 Å². The Morgan fingerprint density at radius 1 is 1.18 bits per heavy atom. The summed E-state index contributed by atoms with van der Waals surface area (Å²) in [6.07, 6.45) is 5.48. The van der Waals surface area contributed by atoms with Crippen LogP contribution in [-0.2, 0) is 9.59 Å². The van der Waals surface area contributed by atoms with E-state index in [2.05, 4.69) is 27.5 Å². The second-order valence-corrected chi connectivity index (χ2v) is 11.1. The number of benzene rings is 1. The zero-order chi connectivity index (χ0) is 26.2. The molecule has 4 amide bonds. The minimum absolute atomic E-state index is 0.00299.